The lowest BCUT2D eigenvalue weighted by molar-refractivity contribution is 0.414. The fourth-order valence-electron chi connectivity index (χ4n) is 12.4. The SMILES string of the molecule is COc1ccc(N(c2ccncc2)c2ccc3c(c2)C2(c4cc(N(c5ccncc5)c5ccc(OC)cc5)ccc4-3)c3cc(N(c4ccncc4)c4ccc(OC)cc4)ccc3-c3ccc(N(c4ccncc4)c4ccc(OC)cc4)cc32)cc1. The number of aromatic nitrogens is 4. The predicted molar refractivity (Wildman–Crippen MR) is 339 cm³/mol. The molecule has 12 aromatic rings. The third-order valence-electron chi connectivity index (χ3n) is 16.2. The van der Waals surface area contributed by atoms with Crippen molar-refractivity contribution in [2.24, 2.45) is 0 Å². The molecular weight excluding hydrogens is 1050 g/mol. The van der Waals surface area contributed by atoms with Crippen molar-refractivity contribution in [2.75, 3.05) is 48.0 Å². The molecule has 0 amide bonds. The highest BCUT2D eigenvalue weighted by Gasteiger charge is 2.53. The second-order valence-corrected chi connectivity index (χ2v) is 20.6. The molecule has 12 heteroatoms. The van der Waals surface area contributed by atoms with E-state index in [1.807, 2.05) is 98.1 Å². The minimum atomic E-state index is -0.964. The average Bonchev–Trinajstić information content (AvgIpc) is 1.52. The summed E-state index contributed by atoms with van der Waals surface area (Å²) < 4.78 is 22.8. The molecule has 0 N–H and O–H groups in total. The Bertz CT molecular complexity index is 3780. The average molecular weight is 1110 g/mol. The van der Waals surface area contributed by atoms with Gasteiger partial charge in [-0.25, -0.2) is 0 Å². The summed E-state index contributed by atoms with van der Waals surface area (Å²) in [6, 6.07) is 77.2. The molecule has 12 nitrogen and oxygen atoms in total. The number of nitrogens with zero attached hydrogens (tertiary/aromatic N) is 8. The second-order valence-electron chi connectivity index (χ2n) is 20.6. The van der Waals surface area contributed by atoms with Crippen LogP contribution in [-0.4, -0.2) is 48.4 Å². The Morgan fingerprint density at radius 3 is 0.588 bits per heavy atom. The van der Waals surface area contributed by atoms with Crippen LogP contribution >= 0.6 is 0 Å². The molecule has 14 rings (SSSR count). The molecule has 2 aliphatic carbocycles. The number of methoxy groups -OCH3 is 4. The molecule has 4 heterocycles. The minimum absolute atomic E-state index is 0.768. The Morgan fingerprint density at radius 1 is 0.224 bits per heavy atom. The molecule has 4 aromatic heterocycles. The van der Waals surface area contributed by atoms with Gasteiger partial charge in [0.05, 0.1) is 33.9 Å². The minimum Gasteiger partial charge on any atom is -0.497 e. The fraction of sp³-hybridized carbons (Fsp3) is 0.0685. The van der Waals surface area contributed by atoms with E-state index < -0.39 is 5.41 Å². The third-order valence-corrected chi connectivity index (χ3v) is 16.2. The van der Waals surface area contributed by atoms with Gasteiger partial charge in [-0.2, -0.15) is 0 Å². The van der Waals surface area contributed by atoms with Crippen molar-refractivity contribution in [2.45, 2.75) is 5.41 Å². The maximum atomic E-state index is 5.70. The number of ether oxygens (including phenoxy) is 4. The highest BCUT2D eigenvalue weighted by molar-refractivity contribution is 6.00. The van der Waals surface area contributed by atoms with E-state index >= 15 is 0 Å². The van der Waals surface area contributed by atoms with Gasteiger partial charge < -0.3 is 38.5 Å². The predicted octanol–water partition coefficient (Wildman–Crippen LogP) is 17.5. The first-order valence-corrected chi connectivity index (χ1v) is 27.9. The first-order chi connectivity index (χ1) is 41.9. The summed E-state index contributed by atoms with van der Waals surface area (Å²) in [7, 11) is 6.78. The Morgan fingerprint density at radius 2 is 0.400 bits per heavy atom. The summed E-state index contributed by atoms with van der Waals surface area (Å²) in [4.78, 5) is 27.1. The van der Waals surface area contributed by atoms with Crippen LogP contribution in [0.1, 0.15) is 22.3 Å². The van der Waals surface area contributed by atoms with Crippen LogP contribution in [0.15, 0.2) is 268 Å². The van der Waals surface area contributed by atoms with Crippen LogP contribution in [0.4, 0.5) is 68.2 Å². The quantitative estimate of drug-likeness (QED) is 0.0921. The van der Waals surface area contributed by atoms with E-state index in [4.69, 9.17) is 18.9 Å². The summed E-state index contributed by atoms with van der Waals surface area (Å²) in [5.41, 5.74) is 19.5. The lowest BCUT2D eigenvalue weighted by Gasteiger charge is -2.35. The van der Waals surface area contributed by atoms with Gasteiger partial charge in [-0.1, -0.05) is 24.3 Å². The van der Waals surface area contributed by atoms with Crippen LogP contribution in [0.25, 0.3) is 22.3 Å². The van der Waals surface area contributed by atoms with Gasteiger partial charge in [0.25, 0.3) is 0 Å². The van der Waals surface area contributed by atoms with Gasteiger partial charge in [0.15, 0.2) is 0 Å². The van der Waals surface area contributed by atoms with Gasteiger partial charge in [0, 0.05) is 118 Å². The number of rotatable bonds is 16. The zero-order valence-corrected chi connectivity index (χ0v) is 47.1. The van der Waals surface area contributed by atoms with E-state index in [9.17, 15) is 0 Å². The van der Waals surface area contributed by atoms with Crippen molar-refractivity contribution in [3.63, 3.8) is 0 Å². The monoisotopic (exact) mass is 1110 g/mol. The van der Waals surface area contributed by atoms with Crippen LogP contribution in [0.2, 0.25) is 0 Å². The van der Waals surface area contributed by atoms with Gasteiger partial charge in [-0.15, -0.1) is 0 Å². The van der Waals surface area contributed by atoms with Crippen molar-refractivity contribution in [3.8, 4) is 45.3 Å². The van der Waals surface area contributed by atoms with Crippen molar-refractivity contribution in [3.05, 3.63) is 290 Å². The van der Waals surface area contributed by atoms with Crippen LogP contribution in [0, 0.1) is 0 Å². The number of benzene rings is 8. The maximum Gasteiger partial charge on any atom is 0.119 e. The summed E-state index contributed by atoms with van der Waals surface area (Å²) >= 11 is 0. The maximum absolute atomic E-state index is 5.70. The molecule has 8 aromatic carbocycles. The molecule has 0 radical (unpaired) electrons. The molecule has 85 heavy (non-hydrogen) atoms. The number of hydrogen-bond acceptors (Lipinski definition) is 12. The highest BCUT2D eigenvalue weighted by atomic mass is 16.5. The Hall–Kier alpha value is -11.2. The first kappa shape index (κ1) is 51.9. The number of pyridine rings is 4. The molecule has 0 bridgehead atoms. The van der Waals surface area contributed by atoms with Crippen molar-refractivity contribution < 1.29 is 18.9 Å². The Balaban J connectivity index is 1.09. The van der Waals surface area contributed by atoms with E-state index in [0.717, 1.165) is 136 Å². The van der Waals surface area contributed by atoms with Crippen molar-refractivity contribution in [1.29, 1.82) is 0 Å². The lowest BCUT2D eigenvalue weighted by Crippen LogP contribution is -2.27. The van der Waals surface area contributed by atoms with Crippen LogP contribution in [0.5, 0.6) is 23.0 Å². The highest BCUT2D eigenvalue weighted by Crippen LogP contribution is 2.65. The molecule has 0 fully saturated rings. The number of hydrogen-bond donors (Lipinski definition) is 0. The molecule has 0 saturated carbocycles. The van der Waals surface area contributed by atoms with Crippen LogP contribution in [-0.2, 0) is 5.41 Å². The van der Waals surface area contributed by atoms with Gasteiger partial charge in [0.2, 0.25) is 0 Å². The number of fused-ring (bicyclic) bond motifs is 10. The molecule has 412 valence electrons. The van der Waals surface area contributed by atoms with E-state index in [1.165, 1.54) is 0 Å². The largest absolute Gasteiger partial charge is 0.497 e. The topological polar surface area (TPSA) is 101 Å². The molecule has 2 aliphatic rings. The van der Waals surface area contributed by atoms with Crippen LogP contribution < -0.4 is 38.5 Å². The molecule has 0 saturated heterocycles. The zero-order chi connectivity index (χ0) is 57.4. The summed E-state index contributed by atoms with van der Waals surface area (Å²) in [5.74, 6) is 3.07. The van der Waals surface area contributed by atoms with Gasteiger partial charge in [-0.05, 0) is 239 Å². The standard InChI is InChI=1S/C73H56N8O4/c1-82-61-17-5-49(6-18-61)78(53-29-37-74-38-30-53)57-13-25-65-66-26-14-58(79(54-31-39-75-40-32-54)50-7-19-62(83-2)20-8-50)46-70(66)73(69(65)45-57)71-47-59(80(55-33-41-76-42-34-55)51-9-21-63(84-3)22-10-51)15-27-67(71)68-28-16-60(48-72(68)73)81(56-35-43-77-44-36-56)52-11-23-64(85-4)24-12-52/h5-48H,1-4H3. The van der Waals surface area contributed by atoms with E-state index in [1.54, 1.807) is 28.4 Å². The molecule has 1 spiro atoms. The van der Waals surface area contributed by atoms with Crippen molar-refractivity contribution in [1.82, 2.24) is 19.9 Å². The molecule has 0 unspecified atom stereocenters. The smallest absolute Gasteiger partial charge is 0.119 e. The molecule has 0 aliphatic heterocycles. The number of anilines is 12. The summed E-state index contributed by atoms with van der Waals surface area (Å²) in [5, 5.41) is 0. The first-order valence-electron chi connectivity index (χ1n) is 27.9. The van der Waals surface area contributed by atoms with E-state index in [2.05, 4.69) is 209 Å². The van der Waals surface area contributed by atoms with Crippen LogP contribution in [0.3, 0.4) is 0 Å². The third kappa shape index (κ3) is 9.04. The second kappa shape index (κ2) is 21.9. The van der Waals surface area contributed by atoms with Crippen molar-refractivity contribution >= 4 is 68.2 Å². The zero-order valence-electron chi connectivity index (χ0n) is 47.1. The van der Waals surface area contributed by atoms with Gasteiger partial charge in [0.1, 0.15) is 23.0 Å². The summed E-state index contributed by atoms with van der Waals surface area (Å²) in [6.45, 7) is 0. The molecule has 0 atom stereocenters. The summed E-state index contributed by atoms with van der Waals surface area (Å²) in [6.07, 6.45) is 14.8. The Kier molecular flexibility index (Phi) is 13.4. The fourth-order valence-corrected chi connectivity index (χ4v) is 12.4. The molecular formula is C73H56N8O4. The normalized spacial score (nSPS) is 12.1. The van der Waals surface area contributed by atoms with E-state index in [-0.39, 0.29) is 0 Å². The van der Waals surface area contributed by atoms with E-state index in [0.29, 0.717) is 0 Å². The van der Waals surface area contributed by atoms with Gasteiger partial charge in [-0.3, -0.25) is 19.9 Å². The van der Waals surface area contributed by atoms with Gasteiger partial charge >= 0.3 is 0 Å². The lowest BCUT2D eigenvalue weighted by atomic mass is 9.70. The Labute approximate surface area is 493 Å².